The Balaban J connectivity index is 0.000000727. The van der Waals surface area contributed by atoms with Crippen LogP contribution in [0, 0.1) is 18.7 Å². The van der Waals surface area contributed by atoms with Gasteiger partial charge in [0, 0.05) is 19.6 Å². The third kappa shape index (κ3) is 11.6. The first-order chi connectivity index (χ1) is 21.0. The smallest absolute Gasteiger partial charge is 0.240 e. The molecule has 4 N–H and O–H groups in total. The fourth-order valence-electron chi connectivity index (χ4n) is 5.35. The molecule has 0 aromatic heterocycles. The van der Waals surface area contributed by atoms with Crippen molar-refractivity contribution in [2.75, 3.05) is 33.8 Å². The predicted molar refractivity (Wildman–Crippen MR) is 171 cm³/mol. The summed E-state index contributed by atoms with van der Waals surface area (Å²) < 4.78 is 18.2. The Kier molecular flexibility index (Phi) is 16.0. The first-order valence-electron chi connectivity index (χ1n) is 15.5. The summed E-state index contributed by atoms with van der Waals surface area (Å²) in [7, 11) is 3.32. The van der Waals surface area contributed by atoms with E-state index in [-0.39, 0.29) is 29.6 Å². The molecule has 2 aromatic carbocycles. The molecule has 5 atom stereocenters. The summed E-state index contributed by atoms with van der Waals surface area (Å²) in [6, 6.07) is 13.2. The van der Waals surface area contributed by atoms with E-state index in [2.05, 4.69) is 22.0 Å². The maximum absolute atomic E-state index is 13.1. The Hall–Kier alpha value is -3.34. The summed E-state index contributed by atoms with van der Waals surface area (Å²) in [6.07, 6.45) is 2.93. The number of hydrogen-bond donors (Lipinski definition) is 4. The van der Waals surface area contributed by atoms with Crippen molar-refractivity contribution >= 4 is 18.1 Å². The number of nitrogens with one attached hydrogen (secondary N) is 3. The minimum Gasteiger partial charge on any atom is -0.492 e. The Labute approximate surface area is 261 Å². The lowest BCUT2D eigenvalue weighted by atomic mass is 9.96. The quantitative estimate of drug-likeness (QED) is 0.179. The van der Waals surface area contributed by atoms with Gasteiger partial charge in [-0.15, -0.1) is 0 Å². The Morgan fingerprint density at radius 3 is 2.41 bits per heavy atom. The van der Waals surface area contributed by atoms with Gasteiger partial charge in [-0.05, 0) is 75.3 Å². The summed E-state index contributed by atoms with van der Waals surface area (Å²) in [5.41, 5.74) is 2.23. The number of aldehydes is 1. The van der Waals surface area contributed by atoms with Crippen LogP contribution >= 0.6 is 0 Å². The lowest BCUT2D eigenvalue weighted by Crippen LogP contribution is -2.54. The number of benzene rings is 2. The van der Waals surface area contributed by atoms with Crippen LogP contribution in [0.5, 0.6) is 5.75 Å². The van der Waals surface area contributed by atoms with Gasteiger partial charge in [0.15, 0.2) is 0 Å². The van der Waals surface area contributed by atoms with Gasteiger partial charge in [-0.3, -0.25) is 9.59 Å². The fourth-order valence-corrected chi connectivity index (χ4v) is 5.35. The molecule has 10 heteroatoms. The SMILES string of the molecule is CCC(O)C(C=O)N(C)C(=O)C(NCCOc1ccccc1C1CCC(NC(=O)CNC)C1)C(C)C.Cc1ccc(F)cc1. The number of carbonyl (C=O) groups is 3. The minimum atomic E-state index is -0.893. The number of halogens is 1. The molecule has 0 spiro atoms. The zero-order valence-corrected chi connectivity index (χ0v) is 27.0. The number of hydrogen-bond acceptors (Lipinski definition) is 7. The zero-order valence-electron chi connectivity index (χ0n) is 27.0. The van der Waals surface area contributed by atoms with Crippen LogP contribution in [0.15, 0.2) is 48.5 Å². The number of aliphatic hydroxyl groups is 1. The van der Waals surface area contributed by atoms with E-state index < -0.39 is 18.2 Å². The lowest BCUT2D eigenvalue weighted by Gasteiger charge is -2.32. The number of nitrogens with zero attached hydrogens (tertiary/aromatic N) is 1. The highest BCUT2D eigenvalue weighted by atomic mass is 19.1. The first kappa shape index (κ1) is 36.8. The second-order valence-electron chi connectivity index (χ2n) is 11.7. The largest absolute Gasteiger partial charge is 0.492 e. The molecule has 1 aliphatic carbocycles. The van der Waals surface area contributed by atoms with Crippen molar-refractivity contribution in [2.45, 2.75) is 83.5 Å². The third-order valence-electron chi connectivity index (χ3n) is 7.91. The van der Waals surface area contributed by atoms with Crippen molar-refractivity contribution in [1.29, 1.82) is 0 Å². The molecular formula is C34H51FN4O5. The van der Waals surface area contributed by atoms with Crippen molar-refractivity contribution < 1.29 is 28.6 Å². The molecule has 2 aromatic rings. The van der Waals surface area contributed by atoms with Crippen LogP contribution in [0.3, 0.4) is 0 Å². The van der Waals surface area contributed by atoms with Gasteiger partial charge in [0.1, 0.15) is 30.5 Å². The van der Waals surface area contributed by atoms with E-state index in [0.717, 1.165) is 36.1 Å². The first-order valence-corrected chi connectivity index (χ1v) is 15.5. The van der Waals surface area contributed by atoms with E-state index in [9.17, 15) is 23.9 Å². The van der Waals surface area contributed by atoms with E-state index in [1.54, 1.807) is 33.2 Å². The van der Waals surface area contributed by atoms with Gasteiger partial charge >= 0.3 is 0 Å². The summed E-state index contributed by atoms with van der Waals surface area (Å²) in [6.45, 7) is 8.73. The average molecular weight is 615 g/mol. The number of carbonyl (C=O) groups excluding carboxylic acids is 3. The molecule has 3 rings (SSSR count). The molecule has 5 unspecified atom stereocenters. The van der Waals surface area contributed by atoms with Gasteiger partial charge in [0.05, 0.1) is 18.7 Å². The number of aryl methyl sites for hydroxylation is 1. The number of likely N-dealkylation sites (N-methyl/N-ethyl adjacent to an activating group) is 2. The second-order valence-corrected chi connectivity index (χ2v) is 11.7. The monoisotopic (exact) mass is 614 g/mol. The second kappa shape index (κ2) is 19.1. The van der Waals surface area contributed by atoms with Crippen LogP contribution in [-0.4, -0.2) is 86.1 Å². The average Bonchev–Trinajstić information content (AvgIpc) is 3.47. The number of aliphatic hydroxyl groups excluding tert-OH is 1. The molecule has 9 nitrogen and oxygen atoms in total. The molecule has 244 valence electrons. The number of amides is 2. The van der Waals surface area contributed by atoms with Crippen molar-refractivity contribution in [3.63, 3.8) is 0 Å². The molecule has 0 bridgehead atoms. The van der Waals surface area contributed by atoms with Crippen LogP contribution < -0.4 is 20.7 Å². The molecular weight excluding hydrogens is 563 g/mol. The highest BCUT2D eigenvalue weighted by Crippen LogP contribution is 2.38. The lowest BCUT2D eigenvalue weighted by molar-refractivity contribution is -0.141. The van der Waals surface area contributed by atoms with Gasteiger partial charge < -0.3 is 35.5 Å². The molecule has 2 amide bonds. The molecule has 1 saturated carbocycles. The highest BCUT2D eigenvalue weighted by molar-refractivity contribution is 5.84. The summed E-state index contributed by atoms with van der Waals surface area (Å²) in [5, 5.41) is 19.3. The van der Waals surface area contributed by atoms with E-state index >= 15 is 0 Å². The van der Waals surface area contributed by atoms with Gasteiger partial charge in [-0.1, -0.05) is 56.7 Å². The standard InChI is InChI=1S/C27H44N4O5.C7H7F/c1-6-23(33)22(17-32)31(5)27(35)26(18(2)3)29-13-14-36-24-10-8-7-9-21(24)19-11-12-20(15-19)30-25(34)16-28-4;1-6-2-4-7(8)5-3-6/h7-10,17-20,22-23,26,28-29,33H,6,11-16H2,1-5H3,(H,30,34);2-5H,1H3. The minimum absolute atomic E-state index is 0.00755. The van der Waals surface area contributed by atoms with E-state index in [1.165, 1.54) is 17.0 Å². The maximum Gasteiger partial charge on any atom is 0.240 e. The van der Waals surface area contributed by atoms with E-state index in [1.807, 2.05) is 39.0 Å². The van der Waals surface area contributed by atoms with Gasteiger partial charge in [-0.2, -0.15) is 0 Å². The molecule has 0 radical (unpaired) electrons. The predicted octanol–water partition coefficient (Wildman–Crippen LogP) is 3.58. The van der Waals surface area contributed by atoms with E-state index in [0.29, 0.717) is 38.3 Å². The van der Waals surface area contributed by atoms with Crippen molar-refractivity contribution in [3.05, 3.63) is 65.5 Å². The van der Waals surface area contributed by atoms with E-state index in [4.69, 9.17) is 4.74 Å². The molecule has 1 aliphatic rings. The fraction of sp³-hybridized carbons (Fsp3) is 0.559. The highest BCUT2D eigenvalue weighted by Gasteiger charge is 2.32. The Morgan fingerprint density at radius 2 is 1.82 bits per heavy atom. The third-order valence-corrected chi connectivity index (χ3v) is 7.91. The van der Waals surface area contributed by atoms with Crippen molar-refractivity contribution in [1.82, 2.24) is 20.9 Å². The van der Waals surface area contributed by atoms with Crippen LogP contribution in [-0.2, 0) is 14.4 Å². The van der Waals surface area contributed by atoms with Crippen LogP contribution in [0.4, 0.5) is 4.39 Å². The molecule has 0 heterocycles. The molecule has 44 heavy (non-hydrogen) atoms. The number of para-hydroxylation sites is 1. The molecule has 1 fully saturated rings. The van der Waals surface area contributed by atoms with Gasteiger partial charge in [0.2, 0.25) is 11.8 Å². The number of ether oxygens (including phenoxy) is 1. The van der Waals surface area contributed by atoms with Crippen molar-refractivity contribution in [2.24, 2.45) is 5.92 Å². The van der Waals surface area contributed by atoms with Crippen molar-refractivity contribution in [3.8, 4) is 5.75 Å². The summed E-state index contributed by atoms with van der Waals surface area (Å²) in [5.74, 6) is 0.748. The van der Waals surface area contributed by atoms with Crippen LogP contribution in [0.25, 0.3) is 0 Å². The number of rotatable bonds is 15. The van der Waals surface area contributed by atoms with Crippen LogP contribution in [0.1, 0.15) is 63.5 Å². The molecule has 0 saturated heterocycles. The van der Waals surface area contributed by atoms with Crippen LogP contribution in [0.2, 0.25) is 0 Å². The summed E-state index contributed by atoms with van der Waals surface area (Å²) in [4.78, 5) is 37.8. The zero-order chi connectivity index (χ0) is 32.6. The maximum atomic E-state index is 13.1. The van der Waals surface area contributed by atoms with Gasteiger partial charge in [0.25, 0.3) is 0 Å². The molecule has 0 aliphatic heterocycles. The topological polar surface area (TPSA) is 120 Å². The van der Waals surface area contributed by atoms with Gasteiger partial charge in [-0.25, -0.2) is 4.39 Å². The summed E-state index contributed by atoms with van der Waals surface area (Å²) >= 11 is 0. The Morgan fingerprint density at radius 1 is 1.14 bits per heavy atom. The normalized spacial score (nSPS) is 18.0. The Bertz CT molecular complexity index is 1140.